The molecule has 6 nitrogen and oxygen atoms in total. The van der Waals surface area contributed by atoms with Crippen LogP contribution in [0, 0.1) is 5.92 Å². The molecule has 0 bridgehead atoms. The quantitative estimate of drug-likeness (QED) is 0.399. The Morgan fingerprint density at radius 2 is 1.97 bits per heavy atom. The first kappa shape index (κ1) is 25.3. The van der Waals surface area contributed by atoms with Gasteiger partial charge in [0.2, 0.25) is 0 Å². The van der Waals surface area contributed by atoms with E-state index in [2.05, 4.69) is 27.3 Å². The summed E-state index contributed by atoms with van der Waals surface area (Å²) in [5.41, 5.74) is 5.55. The predicted molar refractivity (Wildman–Crippen MR) is 137 cm³/mol. The molecule has 0 saturated carbocycles. The molecule has 0 amide bonds. The summed E-state index contributed by atoms with van der Waals surface area (Å²) in [4.78, 5) is 0. The zero-order chi connectivity index (χ0) is 24.4. The van der Waals surface area contributed by atoms with Gasteiger partial charge in [-0.3, -0.25) is 10.6 Å². The maximum absolute atomic E-state index is 13.9. The van der Waals surface area contributed by atoms with Crippen LogP contribution in [0.15, 0.2) is 45.1 Å². The van der Waals surface area contributed by atoms with Crippen molar-refractivity contribution in [2.45, 2.75) is 88.7 Å². The minimum absolute atomic E-state index is 0.0333. The molecule has 5 rings (SSSR count). The van der Waals surface area contributed by atoms with Crippen molar-refractivity contribution in [3.8, 4) is 0 Å². The minimum Gasteiger partial charge on any atom is -0.498 e. The summed E-state index contributed by atoms with van der Waals surface area (Å²) in [6.07, 6.45) is 11.7. The second kappa shape index (κ2) is 11.3. The van der Waals surface area contributed by atoms with Crippen LogP contribution in [0.1, 0.15) is 64.2 Å². The van der Waals surface area contributed by atoms with E-state index >= 15 is 0 Å². The lowest BCUT2D eigenvalue weighted by atomic mass is 9.75. The minimum atomic E-state index is -0.152. The van der Waals surface area contributed by atoms with E-state index in [1.807, 2.05) is 0 Å². The van der Waals surface area contributed by atoms with E-state index in [-0.39, 0.29) is 30.3 Å². The fourth-order valence-corrected chi connectivity index (χ4v) is 6.80. The highest BCUT2D eigenvalue weighted by atomic mass is 35.5. The molecule has 0 aromatic rings. The van der Waals surface area contributed by atoms with Gasteiger partial charge in [-0.25, -0.2) is 4.39 Å². The number of ether oxygens (including phenoxy) is 2. The van der Waals surface area contributed by atoms with E-state index in [9.17, 15) is 4.39 Å². The first-order valence-corrected chi connectivity index (χ1v) is 13.7. The number of hydrogen-bond donors (Lipinski definition) is 4. The predicted octanol–water partition coefficient (Wildman–Crippen LogP) is 4.47. The number of allylic oxidation sites excluding steroid dienone is 3. The third-order valence-corrected chi connectivity index (χ3v) is 8.74. The number of nitrogens with one attached hydrogen (secondary N) is 4. The molecule has 5 aliphatic rings. The Hall–Kier alpha value is -1.38. The van der Waals surface area contributed by atoms with Crippen molar-refractivity contribution in [2.75, 3.05) is 27.3 Å². The van der Waals surface area contributed by atoms with Crippen LogP contribution >= 0.6 is 11.6 Å². The van der Waals surface area contributed by atoms with Crippen molar-refractivity contribution in [2.24, 2.45) is 5.92 Å². The lowest BCUT2D eigenvalue weighted by molar-refractivity contribution is 0.0597. The standard InChI is InChI=1S/C27H40ClFN4O2/c1-34-24-7-3-6-19(25(24)35-2)16-8-11-23-20(13-16)27(31-18-9-10-22(29)21(28)14-18)33-26(32-23)17-5-4-12-30-15-17/h5,16,18,24,26-27,30-33H,3-4,6-15H2,1-2H3/t16-,18+,24-,26+,27+/m1/s1. The maximum Gasteiger partial charge on any atom is 0.124 e. The molecule has 35 heavy (non-hydrogen) atoms. The summed E-state index contributed by atoms with van der Waals surface area (Å²) in [6.45, 7) is 1.93. The Labute approximate surface area is 213 Å². The molecule has 0 fully saturated rings. The molecule has 5 atom stereocenters. The van der Waals surface area contributed by atoms with E-state index in [0.717, 1.165) is 70.2 Å². The van der Waals surface area contributed by atoms with Crippen LogP contribution < -0.4 is 21.3 Å². The van der Waals surface area contributed by atoms with Crippen LogP contribution in [0.4, 0.5) is 4.39 Å². The first-order valence-electron chi connectivity index (χ1n) is 13.3. The molecule has 0 aromatic heterocycles. The van der Waals surface area contributed by atoms with Crippen LogP contribution in [-0.4, -0.2) is 51.8 Å². The van der Waals surface area contributed by atoms with E-state index in [1.165, 1.54) is 22.4 Å². The first-order chi connectivity index (χ1) is 17.1. The Morgan fingerprint density at radius 1 is 1.09 bits per heavy atom. The summed E-state index contributed by atoms with van der Waals surface area (Å²) < 4.78 is 25.6. The van der Waals surface area contributed by atoms with Crippen LogP contribution in [0.2, 0.25) is 0 Å². The largest absolute Gasteiger partial charge is 0.498 e. The molecule has 3 aliphatic carbocycles. The zero-order valence-corrected chi connectivity index (χ0v) is 21.8. The van der Waals surface area contributed by atoms with Gasteiger partial charge in [-0.05, 0) is 80.5 Å². The van der Waals surface area contributed by atoms with Crippen molar-refractivity contribution < 1.29 is 13.9 Å². The van der Waals surface area contributed by atoms with Gasteiger partial charge in [-0.15, -0.1) is 0 Å². The van der Waals surface area contributed by atoms with Crippen molar-refractivity contribution in [3.05, 3.63) is 45.1 Å². The third-order valence-electron chi connectivity index (χ3n) is 8.38. The number of hydrogen-bond acceptors (Lipinski definition) is 6. The lowest BCUT2D eigenvalue weighted by Crippen LogP contribution is -2.62. The molecule has 0 radical (unpaired) electrons. The summed E-state index contributed by atoms with van der Waals surface area (Å²) in [5.74, 6) is 1.35. The summed E-state index contributed by atoms with van der Waals surface area (Å²) in [6, 6.07) is 0.159. The molecule has 2 heterocycles. The normalized spacial score (nSPS) is 34.4. The van der Waals surface area contributed by atoms with Crippen molar-refractivity contribution in [1.82, 2.24) is 21.3 Å². The van der Waals surface area contributed by atoms with Gasteiger partial charge in [-0.1, -0.05) is 17.7 Å². The van der Waals surface area contributed by atoms with Crippen LogP contribution in [0.5, 0.6) is 0 Å². The third kappa shape index (κ3) is 5.49. The number of methoxy groups -OCH3 is 2. The molecule has 0 unspecified atom stereocenters. The van der Waals surface area contributed by atoms with E-state index < -0.39 is 0 Å². The van der Waals surface area contributed by atoms with Gasteiger partial charge in [0, 0.05) is 38.2 Å². The molecule has 8 heteroatoms. The number of halogens is 2. The number of rotatable bonds is 6. The molecule has 194 valence electrons. The molecule has 0 spiro atoms. The van der Waals surface area contributed by atoms with Gasteiger partial charge in [0.1, 0.15) is 23.9 Å². The van der Waals surface area contributed by atoms with Crippen molar-refractivity contribution in [3.63, 3.8) is 0 Å². The molecular weight excluding hydrogens is 467 g/mol. The Balaban J connectivity index is 1.40. The molecule has 4 N–H and O–H groups in total. The Bertz CT molecular complexity index is 930. The Morgan fingerprint density at radius 3 is 2.71 bits per heavy atom. The fourth-order valence-electron chi connectivity index (χ4n) is 6.52. The van der Waals surface area contributed by atoms with Gasteiger partial charge >= 0.3 is 0 Å². The summed E-state index contributed by atoms with van der Waals surface area (Å²) >= 11 is 6.22. The smallest absolute Gasteiger partial charge is 0.124 e. The van der Waals surface area contributed by atoms with Crippen LogP contribution in [0.25, 0.3) is 0 Å². The van der Waals surface area contributed by atoms with Gasteiger partial charge in [0.25, 0.3) is 0 Å². The van der Waals surface area contributed by atoms with Gasteiger partial charge in [0.05, 0.1) is 18.3 Å². The second-order valence-corrected chi connectivity index (χ2v) is 10.9. The van der Waals surface area contributed by atoms with Gasteiger partial charge in [-0.2, -0.15) is 0 Å². The topological polar surface area (TPSA) is 66.6 Å². The summed E-state index contributed by atoms with van der Waals surface area (Å²) in [7, 11) is 3.56. The molecule has 0 saturated heterocycles. The van der Waals surface area contributed by atoms with Crippen molar-refractivity contribution >= 4 is 11.6 Å². The van der Waals surface area contributed by atoms with Crippen LogP contribution in [0.3, 0.4) is 0 Å². The van der Waals surface area contributed by atoms with E-state index in [4.69, 9.17) is 21.1 Å². The zero-order valence-electron chi connectivity index (χ0n) is 21.0. The van der Waals surface area contributed by atoms with Gasteiger partial charge < -0.3 is 20.1 Å². The lowest BCUT2D eigenvalue weighted by Gasteiger charge is -2.44. The highest BCUT2D eigenvalue weighted by Crippen LogP contribution is 2.42. The highest BCUT2D eigenvalue weighted by Gasteiger charge is 2.38. The monoisotopic (exact) mass is 506 g/mol. The highest BCUT2D eigenvalue weighted by molar-refractivity contribution is 6.29. The summed E-state index contributed by atoms with van der Waals surface area (Å²) in [5, 5.41) is 15.4. The van der Waals surface area contributed by atoms with Crippen LogP contribution in [-0.2, 0) is 9.47 Å². The molecular formula is C27H40ClFN4O2. The maximum atomic E-state index is 13.9. The average molecular weight is 507 g/mol. The Kier molecular flexibility index (Phi) is 8.19. The second-order valence-electron chi connectivity index (χ2n) is 10.5. The van der Waals surface area contributed by atoms with E-state index in [0.29, 0.717) is 23.8 Å². The average Bonchev–Trinajstić information content (AvgIpc) is 2.90. The van der Waals surface area contributed by atoms with E-state index in [1.54, 1.807) is 14.2 Å². The fraction of sp³-hybridized carbons (Fsp3) is 0.704. The SMILES string of the molecule is COC1=C([C@@H]2CCC3=C(C2)[C@@H](N[C@H]2CCC(F)=C(Cl)C2)N[C@@H](C2=CCCNC2)N3)CCC[C@H]1OC. The molecule has 0 aromatic carbocycles. The molecule has 2 aliphatic heterocycles. The van der Waals surface area contributed by atoms with Crippen molar-refractivity contribution in [1.29, 1.82) is 0 Å². The van der Waals surface area contributed by atoms with Gasteiger partial charge in [0.15, 0.2) is 0 Å².